The summed E-state index contributed by atoms with van der Waals surface area (Å²) >= 11 is 6.01. The summed E-state index contributed by atoms with van der Waals surface area (Å²) in [7, 11) is -3.64. The van der Waals surface area contributed by atoms with Crippen molar-refractivity contribution in [1.29, 1.82) is 0 Å². The van der Waals surface area contributed by atoms with Crippen LogP contribution in [0.5, 0.6) is 0 Å². The number of aromatic nitrogens is 4. The monoisotopic (exact) mass is 434 g/mol. The van der Waals surface area contributed by atoms with E-state index in [0.717, 1.165) is 17.0 Å². The zero-order valence-corrected chi connectivity index (χ0v) is 18.3. The Hall–Kier alpha value is -2.49. The van der Waals surface area contributed by atoms with Gasteiger partial charge in [-0.3, -0.25) is 0 Å². The molecule has 0 aliphatic heterocycles. The Morgan fingerprint density at radius 1 is 1.00 bits per heavy atom. The van der Waals surface area contributed by atoms with Crippen molar-refractivity contribution in [3.8, 4) is 5.82 Å². The minimum atomic E-state index is -3.64. The van der Waals surface area contributed by atoms with Crippen molar-refractivity contribution in [3.05, 3.63) is 57.9 Å². The fourth-order valence-corrected chi connectivity index (χ4v) is 4.34. The van der Waals surface area contributed by atoms with E-state index < -0.39 is 10.0 Å². The Balaban J connectivity index is 1.58. The molecule has 1 aromatic carbocycles. The molecule has 2 heterocycles. The normalized spacial score (nSPS) is 11.6. The van der Waals surface area contributed by atoms with Crippen LogP contribution in [0.2, 0.25) is 5.02 Å². The molecule has 0 saturated heterocycles. The Morgan fingerprint density at radius 2 is 1.76 bits per heavy atom. The summed E-state index contributed by atoms with van der Waals surface area (Å²) in [4.78, 5) is 0.175. The second-order valence-corrected chi connectivity index (χ2v) is 8.81. The van der Waals surface area contributed by atoms with Gasteiger partial charge in [0, 0.05) is 23.8 Å². The molecule has 2 N–H and O–H groups in total. The Kier molecular flexibility index (Phi) is 6.21. The molecule has 29 heavy (non-hydrogen) atoms. The molecule has 2 aromatic heterocycles. The number of nitrogens with zero attached hydrogens (tertiary/aromatic N) is 4. The molecule has 0 aliphatic rings. The number of halogens is 1. The predicted octanol–water partition coefficient (Wildman–Crippen LogP) is 2.94. The van der Waals surface area contributed by atoms with E-state index in [1.165, 1.54) is 6.07 Å². The standard InChI is InChI=1S/C19H23ClN6O2S/c1-12-14(3)25-26(15(12)4)19-9-8-18(23-24-19)21-10-11-22-29(27,28)17-7-5-6-16(20)13(17)2/h5-9,22H,10-11H2,1-4H3,(H,21,23). The van der Waals surface area contributed by atoms with E-state index >= 15 is 0 Å². The molecule has 154 valence electrons. The smallest absolute Gasteiger partial charge is 0.240 e. The Morgan fingerprint density at radius 3 is 2.38 bits per heavy atom. The lowest BCUT2D eigenvalue weighted by Gasteiger charge is -2.11. The van der Waals surface area contributed by atoms with E-state index in [0.29, 0.717) is 28.8 Å². The molecule has 0 radical (unpaired) electrons. The summed E-state index contributed by atoms with van der Waals surface area (Å²) < 4.78 is 29.2. The number of hydrogen-bond acceptors (Lipinski definition) is 6. The van der Waals surface area contributed by atoms with Gasteiger partial charge < -0.3 is 5.32 Å². The number of aryl methyl sites for hydroxylation is 1. The van der Waals surface area contributed by atoms with Gasteiger partial charge in [-0.15, -0.1) is 10.2 Å². The second kappa shape index (κ2) is 8.48. The second-order valence-electron chi connectivity index (χ2n) is 6.67. The third kappa shape index (κ3) is 4.58. The molecule has 0 saturated carbocycles. The van der Waals surface area contributed by atoms with Crippen LogP contribution in [0.15, 0.2) is 35.2 Å². The van der Waals surface area contributed by atoms with Crippen molar-refractivity contribution in [2.75, 3.05) is 18.4 Å². The Labute approximate surface area is 175 Å². The number of benzene rings is 1. The summed E-state index contributed by atoms with van der Waals surface area (Å²) in [5, 5.41) is 16.3. The number of rotatable bonds is 7. The van der Waals surface area contributed by atoms with E-state index in [4.69, 9.17) is 11.6 Å². The lowest BCUT2D eigenvalue weighted by Crippen LogP contribution is -2.29. The van der Waals surface area contributed by atoms with Gasteiger partial charge in [0.2, 0.25) is 10.0 Å². The minimum absolute atomic E-state index is 0.175. The Bertz CT molecular complexity index is 1130. The van der Waals surface area contributed by atoms with Gasteiger partial charge in [-0.25, -0.2) is 17.8 Å². The first kappa shape index (κ1) is 21.2. The first-order chi connectivity index (χ1) is 13.7. The quantitative estimate of drug-likeness (QED) is 0.554. The van der Waals surface area contributed by atoms with Crippen molar-refractivity contribution >= 4 is 27.4 Å². The van der Waals surface area contributed by atoms with Crippen LogP contribution in [0, 0.1) is 27.7 Å². The van der Waals surface area contributed by atoms with Gasteiger partial charge in [0.25, 0.3) is 0 Å². The van der Waals surface area contributed by atoms with Crippen molar-refractivity contribution in [3.63, 3.8) is 0 Å². The highest BCUT2D eigenvalue weighted by molar-refractivity contribution is 7.89. The van der Waals surface area contributed by atoms with Crippen LogP contribution < -0.4 is 10.0 Å². The van der Waals surface area contributed by atoms with E-state index in [1.54, 1.807) is 29.8 Å². The lowest BCUT2D eigenvalue weighted by molar-refractivity contribution is 0.582. The zero-order valence-electron chi connectivity index (χ0n) is 16.7. The molecule has 0 fully saturated rings. The predicted molar refractivity (Wildman–Crippen MR) is 113 cm³/mol. The summed E-state index contributed by atoms with van der Waals surface area (Å²) in [6.07, 6.45) is 0. The van der Waals surface area contributed by atoms with Crippen LogP contribution in [-0.4, -0.2) is 41.5 Å². The largest absolute Gasteiger partial charge is 0.367 e. The highest BCUT2D eigenvalue weighted by atomic mass is 35.5. The minimum Gasteiger partial charge on any atom is -0.367 e. The SMILES string of the molecule is Cc1nn(-c2ccc(NCCNS(=O)(=O)c3cccc(Cl)c3C)nn2)c(C)c1C. The third-order valence-corrected chi connectivity index (χ3v) is 6.77. The van der Waals surface area contributed by atoms with Crippen LogP contribution in [0.3, 0.4) is 0 Å². The highest BCUT2D eigenvalue weighted by Crippen LogP contribution is 2.22. The summed E-state index contributed by atoms with van der Waals surface area (Å²) in [5.74, 6) is 1.17. The van der Waals surface area contributed by atoms with Crippen LogP contribution in [0.25, 0.3) is 5.82 Å². The maximum atomic E-state index is 12.4. The topological polar surface area (TPSA) is 102 Å². The molecule has 0 spiro atoms. The number of anilines is 1. The average Bonchev–Trinajstić information content (AvgIpc) is 2.95. The maximum absolute atomic E-state index is 12.4. The molecule has 8 nitrogen and oxygen atoms in total. The van der Waals surface area contributed by atoms with Gasteiger partial charge in [-0.1, -0.05) is 17.7 Å². The molecule has 0 atom stereocenters. The van der Waals surface area contributed by atoms with Crippen molar-refractivity contribution in [2.45, 2.75) is 32.6 Å². The summed E-state index contributed by atoms with van der Waals surface area (Å²) in [6.45, 7) is 8.17. The number of nitrogens with one attached hydrogen (secondary N) is 2. The van der Waals surface area contributed by atoms with E-state index in [9.17, 15) is 8.42 Å². The zero-order chi connectivity index (χ0) is 21.2. The highest BCUT2D eigenvalue weighted by Gasteiger charge is 2.17. The van der Waals surface area contributed by atoms with Crippen LogP contribution in [0.1, 0.15) is 22.5 Å². The molecule has 0 aliphatic carbocycles. The first-order valence-electron chi connectivity index (χ1n) is 9.06. The first-order valence-corrected chi connectivity index (χ1v) is 10.9. The summed E-state index contributed by atoms with van der Waals surface area (Å²) in [6, 6.07) is 8.40. The third-order valence-electron chi connectivity index (χ3n) is 4.75. The van der Waals surface area contributed by atoms with Crippen molar-refractivity contribution in [1.82, 2.24) is 24.7 Å². The molecular weight excluding hydrogens is 412 g/mol. The fraction of sp³-hybridized carbons (Fsp3) is 0.316. The number of hydrogen-bond donors (Lipinski definition) is 2. The molecular formula is C19H23ClN6O2S. The number of sulfonamides is 1. The van der Waals surface area contributed by atoms with Crippen LogP contribution in [-0.2, 0) is 10.0 Å². The molecule has 10 heteroatoms. The maximum Gasteiger partial charge on any atom is 0.240 e. The van der Waals surface area contributed by atoms with Gasteiger partial charge in [0.1, 0.15) is 5.82 Å². The van der Waals surface area contributed by atoms with Gasteiger partial charge in [0.15, 0.2) is 5.82 Å². The van der Waals surface area contributed by atoms with Gasteiger partial charge in [0.05, 0.1) is 10.6 Å². The van der Waals surface area contributed by atoms with Gasteiger partial charge in [-0.05, 0) is 63.1 Å². The van der Waals surface area contributed by atoms with E-state index in [2.05, 4.69) is 25.3 Å². The molecule has 0 bridgehead atoms. The van der Waals surface area contributed by atoms with Gasteiger partial charge >= 0.3 is 0 Å². The van der Waals surface area contributed by atoms with Gasteiger partial charge in [-0.2, -0.15) is 5.10 Å². The van der Waals surface area contributed by atoms with Crippen molar-refractivity contribution in [2.24, 2.45) is 0 Å². The van der Waals surface area contributed by atoms with Crippen LogP contribution in [0.4, 0.5) is 5.82 Å². The molecule has 3 aromatic rings. The molecule has 3 rings (SSSR count). The lowest BCUT2D eigenvalue weighted by atomic mass is 10.2. The van der Waals surface area contributed by atoms with E-state index in [1.807, 2.05) is 26.8 Å². The van der Waals surface area contributed by atoms with Crippen molar-refractivity contribution < 1.29 is 8.42 Å². The fourth-order valence-electron chi connectivity index (χ4n) is 2.81. The average molecular weight is 435 g/mol. The molecule has 0 unspecified atom stereocenters. The summed E-state index contributed by atoms with van der Waals surface area (Å²) in [5.41, 5.74) is 3.61. The van der Waals surface area contributed by atoms with Crippen LogP contribution >= 0.6 is 11.6 Å². The molecule has 0 amide bonds. The van der Waals surface area contributed by atoms with E-state index in [-0.39, 0.29) is 11.4 Å².